The summed E-state index contributed by atoms with van der Waals surface area (Å²) in [7, 11) is -3.89. The molecule has 6 nitrogen and oxygen atoms in total. The number of piperidine rings is 1. The van der Waals surface area contributed by atoms with E-state index < -0.39 is 15.8 Å². The molecule has 1 aliphatic heterocycles. The minimum Gasteiger partial charge on any atom is -0.339 e. The van der Waals surface area contributed by atoms with Gasteiger partial charge in [-0.2, -0.15) is 9.29 Å². The van der Waals surface area contributed by atoms with Gasteiger partial charge in [-0.3, -0.25) is 0 Å². The first kappa shape index (κ1) is 19.9. The van der Waals surface area contributed by atoms with Crippen molar-refractivity contribution in [1.82, 2.24) is 14.4 Å². The van der Waals surface area contributed by atoms with Crippen LogP contribution in [0.15, 0.2) is 51.9 Å². The number of sulfonamides is 1. The molecule has 152 valence electrons. The van der Waals surface area contributed by atoms with Crippen LogP contribution < -0.4 is 0 Å². The zero-order valence-electron chi connectivity index (χ0n) is 15.1. The van der Waals surface area contributed by atoms with Gasteiger partial charge in [0.2, 0.25) is 21.7 Å². The summed E-state index contributed by atoms with van der Waals surface area (Å²) >= 11 is 5.65. The Morgan fingerprint density at radius 3 is 2.62 bits per heavy atom. The molecular weight excluding hydrogens is 424 g/mol. The molecule has 1 aromatic heterocycles. The molecule has 29 heavy (non-hydrogen) atoms. The summed E-state index contributed by atoms with van der Waals surface area (Å²) in [6, 6.07) is 9.09. The van der Waals surface area contributed by atoms with Crippen LogP contribution in [0.2, 0.25) is 5.02 Å². The Morgan fingerprint density at radius 2 is 1.90 bits per heavy atom. The normalized spacial score (nSPS) is 18.1. The first-order valence-electron chi connectivity index (χ1n) is 8.89. The van der Waals surface area contributed by atoms with Crippen molar-refractivity contribution in [2.24, 2.45) is 0 Å². The average Bonchev–Trinajstić information content (AvgIpc) is 3.21. The zero-order chi connectivity index (χ0) is 20.6. The Bertz CT molecular complexity index is 1140. The first-order valence-corrected chi connectivity index (χ1v) is 10.7. The standard InChI is InChI=1S/C19H16ClF2N3O3S/c20-16-8-7-15(10-17(16)22)29(26,27)25-9-1-2-13(11-25)19-23-18(24-28-19)12-3-5-14(21)6-4-12/h3-8,10,13H,1-2,9,11H2/t13-/m0/s1. The lowest BCUT2D eigenvalue weighted by atomic mass is 10.00. The third kappa shape index (κ3) is 4.03. The summed E-state index contributed by atoms with van der Waals surface area (Å²) in [5, 5.41) is 3.78. The van der Waals surface area contributed by atoms with E-state index in [1.165, 1.54) is 40.7 Å². The maximum Gasteiger partial charge on any atom is 0.243 e. The molecule has 1 atom stereocenters. The summed E-state index contributed by atoms with van der Waals surface area (Å²) in [5.41, 5.74) is 0.596. The Morgan fingerprint density at radius 1 is 1.14 bits per heavy atom. The Labute approximate surface area is 171 Å². The number of hydrogen-bond donors (Lipinski definition) is 0. The van der Waals surface area contributed by atoms with Gasteiger partial charge in [-0.25, -0.2) is 17.2 Å². The van der Waals surface area contributed by atoms with Gasteiger partial charge in [0.25, 0.3) is 0 Å². The lowest BCUT2D eigenvalue weighted by Crippen LogP contribution is -2.39. The molecule has 0 N–H and O–H groups in total. The van der Waals surface area contributed by atoms with Gasteiger partial charge in [-0.1, -0.05) is 16.8 Å². The number of benzene rings is 2. The van der Waals surface area contributed by atoms with Gasteiger partial charge >= 0.3 is 0 Å². The van der Waals surface area contributed by atoms with Gasteiger partial charge in [0.05, 0.1) is 15.8 Å². The quantitative estimate of drug-likeness (QED) is 0.607. The second-order valence-corrected chi connectivity index (χ2v) is 9.09. The highest BCUT2D eigenvalue weighted by Crippen LogP contribution is 2.31. The van der Waals surface area contributed by atoms with Gasteiger partial charge in [0, 0.05) is 18.7 Å². The molecule has 2 aromatic carbocycles. The van der Waals surface area contributed by atoms with Crippen LogP contribution in [-0.2, 0) is 10.0 Å². The summed E-state index contributed by atoms with van der Waals surface area (Å²) in [5.74, 6) is -0.838. The summed E-state index contributed by atoms with van der Waals surface area (Å²) in [4.78, 5) is 4.19. The fourth-order valence-electron chi connectivity index (χ4n) is 3.27. The van der Waals surface area contributed by atoms with E-state index in [0.29, 0.717) is 36.7 Å². The Balaban J connectivity index is 1.55. The number of rotatable bonds is 4. The molecule has 2 heterocycles. The third-order valence-electron chi connectivity index (χ3n) is 4.81. The van der Waals surface area contributed by atoms with E-state index in [1.54, 1.807) is 0 Å². The second-order valence-electron chi connectivity index (χ2n) is 6.74. The molecule has 10 heteroatoms. The highest BCUT2D eigenvalue weighted by Gasteiger charge is 2.33. The second kappa shape index (κ2) is 7.81. The molecule has 0 spiro atoms. The monoisotopic (exact) mass is 439 g/mol. The molecular formula is C19H16ClF2N3O3S. The van der Waals surface area contributed by atoms with Crippen molar-refractivity contribution in [3.05, 3.63) is 65.0 Å². The van der Waals surface area contributed by atoms with E-state index >= 15 is 0 Å². The van der Waals surface area contributed by atoms with Crippen LogP contribution in [0.4, 0.5) is 8.78 Å². The van der Waals surface area contributed by atoms with Crippen molar-refractivity contribution in [1.29, 1.82) is 0 Å². The summed E-state index contributed by atoms with van der Waals surface area (Å²) < 4.78 is 59.2. The Hall–Kier alpha value is -2.36. The molecule has 1 saturated heterocycles. The molecule has 1 fully saturated rings. The van der Waals surface area contributed by atoms with Crippen LogP contribution in [0.3, 0.4) is 0 Å². The van der Waals surface area contributed by atoms with Crippen molar-refractivity contribution in [2.75, 3.05) is 13.1 Å². The molecule has 0 saturated carbocycles. The van der Waals surface area contributed by atoms with Gasteiger partial charge in [-0.05, 0) is 55.3 Å². The van der Waals surface area contributed by atoms with Crippen LogP contribution in [0.5, 0.6) is 0 Å². The topological polar surface area (TPSA) is 76.3 Å². The van der Waals surface area contributed by atoms with Crippen molar-refractivity contribution in [3.63, 3.8) is 0 Å². The van der Waals surface area contributed by atoms with Crippen molar-refractivity contribution in [3.8, 4) is 11.4 Å². The SMILES string of the molecule is O=S(=O)(c1ccc(Cl)c(F)c1)N1CCC[C@H](c2nc(-c3ccc(F)cc3)no2)C1. The van der Waals surface area contributed by atoms with Crippen LogP contribution in [0, 0.1) is 11.6 Å². The van der Waals surface area contributed by atoms with Crippen molar-refractivity contribution < 1.29 is 21.7 Å². The highest BCUT2D eigenvalue weighted by atomic mass is 35.5. The highest BCUT2D eigenvalue weighted by molar-refractivity contribution is 7.89. The molecule has 0 amide bonds. The average molecular weight is 440 g/mol. The minimum atomic E-state index is -3.89. The van der Waals surface area contributed by atoms with Crippen LogP contribution in [0.25, 0.3) is 11.4 Å². The van der Waals surface area contributed by atoms with Gasteiger partial charge < -0.3 is 4.52 Å². The lowest BCUT2D eigenvalue weighted by Gasteiger charge is -2.30. The maximum atomic E-state index is 13.7. The predicted molar refractivity (Wildman–Crippen MR) is 102 cm³/mol. The van der Waals surface area contributed by atoms with Gasteiger partial charge in [-0.15, -0.1) is 0 Å². The van der Waals surface area contributed by atoms with E-state index in [-0.39, 0.29) is 28.2 Å². The predicted octanol–water partition coefficient (Wildman–Crippen LogP) is 4.24. The fourth-order valence-corrected chi connectivity index (χ4v) is 4.92. The molecule has 3 aromatic rings. The van der Waals surface area contributed by atoms with Gasteiger partial charge in [0.1, 0.15) is 11.6 Å². The molecule has 0 bridgehead atoms. The summed E-state index contributed by atoms with van der Waals surface area (Å²) in [6.45, 7) is 0.444. The fraction of sp³-hybridized carbons (Fsp3) is 0.263. The van der Waals surface area contributed by atoms with Crippen LogP contribution in [-0.4, -0.2) is 36.0 Å². The number of aromatic nitrogens is 2. The first-order chi connectivity index (χ1) is 13.8. The minimum absolute atomic E-state index is 0.137. The van der Waals surface area contributed by atoms with Crippen LogP contribution in [0.1, 0.15) is 24.7 Å². The number of hydrogen-bond acceptors (Lipinski definition) is 5. The molecule has 0 aliphatic carbocycles. The third-order valence-corrected chi connectivity index (χ3v) is 6.97. The molecule has 1 aliphatic rings. The zero-order valence-corrected chi connectivity index (χ0v) is 16.6. The maximum absolute atomic E-state index is 13.7. The van der Waals surface area contributed by atoms with E-state index in [4.69, 9.17) is 16.1 Å². The lowest BCUT2D eigenvalue weighted by molar-refractivity contribution is 0.265. The smallest absolute Gasteiger partial charge is 0.243 e. The van der Waals surface area contributed by atoms with E-state index in [1.807, 2.05) is 0 Å². The molecule has 0 unspecified atom stereocenters. The summed E-state index contributed by atoms with van der Waals surface area (Å²) in [6.07, 6.45) is 1.26. The Kier molecular flexibility index (Phi) is 5.37. The molecule has 4 rings (SSSR count). The van der Waals surface area contributed by atoms with Crippen molar-refractivity contribution in [2.45, 2.75) is 23.7 Å². The number of halogens is 3. The van der Waals surface area contributed by atoms with E-state index in [2.05, 4.69) is 10.1 Å². The van der Waals surface area contributed by atoms with Gasteiger partial charge in [0.15, 0.2) is 0 Å². The largest absolute Gasteiger partial charge is 0.339 e. The number of nitrogens with zero attached hydrogens (tertiary/aromatic N) is 3. The van der Waals surface area contributed by atoms with E-state index in [9.17, 15) is 17.2 Å². The molecule has 0 radical (unpaired) electrons. The van der Waals surface area contributed by atoms with Crippen LogP contribution >= 0.6 is 11.6 Å². The van der Waals surface area contributed by atoms with Crippen molar-refractivity contribution >= 4 is 21.6 Å². The van der Waals surface area contributed by atoms with E-state index in [0.717, 1.165) is 6.07 Å².